The second-order valence-corrected chi connectivity index (χ2v) is 20.8. The van der Waals surface area contributed by atoms with Crippen molar-refractivity contribution < 1.29 is 0 Å². The first-order valence-corrected chi connectivity index (χ1v) is 29.9. The Morgan fingerprint density at radius 2 is 0.262 bits per heavy atom. The molecule has 0 aromatic rings. The van der Waals surface area contributed by atoms with Crippen molar-refractivity contribution in [3.63, 3.8) is 0 Å². The van der Waals surface area contributed by atoms with Crippen molar-refractivity contribution in [3.05, 3.63) is 0 Å². The van der Waals surface area contributed by atoms with Crippen molar-refractivity contribution in [1.82, 2.24) is 0 Å². The summed E-state index contributed by atoms with van der Waals surface area (Å²) in [6.07, 6.45) is 86.6. The van der Waals surface area contributed by atoms with E-state index >= 15 is 0 Å². The molecule has 0 bridgehead atoms. The summed E-state index contributed by atoms with van der Waals surface area (Å²) in [5.74, 6) is 0. The van der Waals surface area contributed by atoms with E-state index in [1.54, 1.807) is 6.21 Å². The molecule has 0 amide bonds. The molecule has 366 valence electrons. The van der Waals surface area contributed by atoms with Crippen LogP contribution in [0.5, 0.6) is 0 Å². The topological polar surface area (TPSA) is 23.9 Å². The third-order valence-electron chi connectivity index (χ3n) is 14.5. The number of nitrogens with one attached hydrogen (secondary N) is 1. The van der Waals surface area contributed by atoms with E-state index in [0.29, 0.717) is 0 Å². The maximum atomic E-state index is 7.08. The quantitative estimate of drug-likeness (QED) is 0.0466. The lowest BCUT2D eigenvalue weighted by molar-refractivity contribution is 0.507. The van der Waals surface area contributed by atoms with Gasteiger partial charge in [-0.25, -0.2) is 0 Å². The van der Waals surface area contributed by atoms with Crippen LogP contribution in [0.2, 0.25) is 0 Å². The van der Waals surface area contributed by atoms with Crippen molar-refractivity contribution in [2.75, 3.05) is 0 Å². The summed E-state index contributed by atoms with van der Waals surface area (Å²) < 4.78 is 0. The number of hydrogen-bond acceptors (Lipinski definition) is 1. The molecule has 1 nitrogen and oxygen atoms in total. The fourth-order valence-electron chi connectivity index (χ4n) is 10.0. The molecule has 0 aromatic carbocycles. The van der Waals surface area contributed by atoms with Crippen molar-refractivity contribution >= 4 is 6.21 Å². The summed E-state index contributed by atoms with van der Waals surface area (Å²) in [6.45, 7) is 2.31. The van der Waals surface area contributed by atoms with Crippen molar-refractivity contribution in [2.45, 2.75) is 379 Å². The van der Waals surface area contributed by atoms with Gasteiger partial charge in [-0.1, -0.05) is 366 Å². The molecule has 0 saturated carbocycles. The van der Waals surface area contributed by atoms with Crippen molar-refractivity contribution in [3.8, 4) is 0 Å². The van der Waals surface area contributed by atoms with Crippen LogP contribution in [0.1, 0.15) is 379 Å². The molecule has 0 aliphatic rings. The lowest BCUT2D eigenvalue weighted by Gasteiger charge is -2.05. The molecule has 0 heterocycles. The van der Waals surface area contributed by atoms with Gasteiger partial charge in [-0.2, -0.15) is 0 Å². The third kappa shape index (κ3) is 59.7. The predicted molar refractivity (Wildman–Crippen MR) is 282 cm³/mol. The van der Waals surface area contributed by atoms with E-state index in [1.807, 2.05) is 0 Å². The Hall–Kier alpha value is -0.330. The number of unbranched alkanes of at least 4 members (excludes halogenated alkanes) is 57. The lowest BCUT2D eigenvalue weighted by Crippen LogP contribution is -1.85. The maximum Gasteiger partial charge on any atom is -0.00477 e. The van der Waals surface area contributed by atoms with E-state index in [9.17, 15) is 0 Å². The molecule has 0 aliphatic carbocycles. The van der Waals surface area contributed by atoms with Gasteiger partial charge in [0.05, 0.1) is 0 Å². The largest absolute Gasteiger partial charge is 0.313 e. The molecule has 0 aliphatic heterocycles. The number of rotatable bonds is 58. The van der Waals surface area contributed by atoms with Gasteiger partial charge in [-0.05, 0) is 19.1 Å². The van der Waals surface area contributed by atoms with E-state index in [4.69, 9.17) is 5.41 Å². The summed E-state index contributed by atoms with van der Waals surface area (Å²) in [7, 11) is 0. The average Bonchev–Trinajstić information content (AvgIpc) is 3.27. The molecule has 1 heteroatoms. The SMILES string of the molecule is CCCCCCCCCCCCCCCCCCCCCCCCCCCCCCCCCCCCCCCCCCCCCCCCCCCCCCCCCCCC=N. The zero-order valence-corrected chi connectivity index (χ0v) is 43.1. The van der Waals surface area contributed by atoms with E-state index < -0.39 is 0 Å². The highest BCUT2D eigenvalue weighted by Crippen LogP contribution is 2.19. The molecular weight excluding hydrogens is 735 g/mol. The van der Waals surface area contributed by atoms with Gasteiger partial charge in [0, 0.05) is 0 Å². The molecule has 0 spiro atoms. The highest BCUT2D eigenvalue weighted by molar-refractivity contribution is 5.52. The first-order chi connectivity index (χ1) is 30.4. The Bertz CT molecular complexity index is 729. The van der Waals surface area contributed by atoms with E-state index in [0.717, 1.165) is 6.42 Å². The summed E-state index contributed by atoms with van der Waals surface area (Å²) in [5.41, 5.74) is 0. The minimum atomic E-state index is 0.986. The van der Waals surface area contributed by atoms with Crippen LogP contribution in [-0.2, 0) is 0 Å². The Labute approximate surface area is 389 Å². The standard InChI is InChI=1S/C60H121N/c1-2-3-4-5-6-7-8-9-10-11-12-13-14-15-16-17-18-19-20-21-22-23-24-25-26-27-28-29-30-31-32-33-34-35-36-37-38-39-40-41-42-43-44-45-46-47-48-49-50-51-52-53-54-55-56-57-58-59-60-61/h60-61H,2-59H2,1H3. The molecule has 0 fully saturated rings. The summed E-state index contributed by atoms with van der Waals surface area (Å²) in [6, 6.07) is 0. The highest BCUT2D eigenvalue weighted by atomic mass is 14.3. The molecule has 61 heavy (non-hydrogen) atoms. The zero-order chi connectivity index (χ0) is 43.7. The fraction of sp³-hybridized carbons (Fsp3) is 0.983. The first kappa shape index (κ1) is 60.7. The predicted octanol–water partition coefficient (Wildman–Crippen LogP) is 23.3. The van der Waals surface area contributed by atoms with Gasteiger partial charge in [0.1, 0.15) is 0 Å². The molecule has 0 atom stereocenters. The van der Waals surface area contributed by atoms with Gasteiger partial charge in [-0.3, -0.25) is 0 Å². The molecule has 0 unspecified atom stereocenters. The van der Waals surface area contributed by atoms with Crippen molar-refractivity contribution in [1.29, 1.82) is 5.41 Å². The monoisotopic (exact) mass is 856 g/mol. The maximum absolute atomic E-state index is 7.08. The van der Waals surface area contributed by atoms with Crippen LogP contribution in [-0.4, -0.2) is 6.21 Å². The van der Waals surface area contributed by atoms with Gasteiger partial charge in [0.2, 0.25) is 0 Å². The molecular formula is C60H121N. The third-order valence-corrected chi connectivity index (χ3v) is 14.5. The normalized spacial score (nSPS) is 11.6. The minimum absolute atomic E-state index is 0.986. The van der Waals surface area contributed by atoms with Gasteiger partial charge >= 0.3 is 0 Å². The smallest absolute Gasteiger partial charge is 0.00477 e. The fourth-order valence-corrected chi connectivity index (χ4v) is 10.0. The van der Waals surface area contributed by atoms with E-state index in [-0.39, 0.29) is 0 Å². The highest BCUT2D eigenvalue weighted by Gasteiger charge is 2.00. The molecule has 0 aromatic heterocycles. The first-order valence-electron chi connectivity index (χ1n) is 29.9. The van der Waals surface area contributed by atoms with Gasteiger partial charge < -0.3 is 5.41 Å². The number of hydrogen-bond donors (Lipinski definition) is 1. The Kier molecular flexibility index (Phi) is 59.3. The Balaban J connectivity index is 3.06. The summed E-state index contributed by atoms with van der Waals surface area (Å²) in [4.78, 5) is 0. The Morgan fingerprint density at radius 1 is 0.164 bits per heavy atom. The summed E-state index contributed by atoms with van der Waals surface area (Å²) in [5, 5.41) is 7.08. The van der Waals surface area contributed by atoms with Crippen LogP contribution in [0, 0.1) is 5.41 Å². The Morgan fingerprint density at radius 3 is 0.361 bits per heavy atom. The minimum Gasteiger partial charge on any atom is -0.313 e. The van der Waals surface area contributed by atoms with Crippen LogP contribution in [0.4, 0.5) is 0 Å². The molecule has 1 N–H and O–H groups in total. The lowest BCUT2D eigenvalue weighted by atomic mass is 10.0. The van der Waals surface area contributed by atoms with Gasteiger partial charge in [-0.15, -0.1) is 0 Å². The second kappa shape index (κ2) is 59.7. The average molecular weight is 857 g/mol. The molecule has 0 saturated heterocycles. The van der Waals surface area contributed by atoms with Gasteiger partial charge in [0.25, 0.3) is 0 Å². The van der Waals surface area contributed by atoms with E-state index in [1.165, 1.54) is 366 Å². The van der Waals surface area contributed by atoms with Crippen LogP contribution in [0.25, 0.3) is 0 Å². The van der Waals surface area contributed by atoms with Gasteiger partial charge in [0.15, 0.2) is 0 Å². The molecule has 0 radical (unpaired) electrons. The van der Waals surface area contributed by atoms with E-state index in [2.05, 4.69) is 6.92 Å². The zero-order valence-electron chi connectivity index (χ0n) is 43.1. The second-order valence-electron chi connectivity index (χ2n) is 20.8. The van der Waals surface area contributed by atoms with Crippen LogP contribution in [0.15, 0.2) is 0 Å². The van der Waals surface area contributed by atoms with Crippen molar-refractivity contribution in [2.24, 2.45) is 0 Å². The van der Waals surface area contributed by atoms with Crippen LogP contribution < -0.4 is 0 Å². The molecule has 0 rings (SSSR count). The summed E-state index contributed by atoms with van der Waals surface area (Å²) >= 11 is 0. The van der Waals surface area contributed by atoms with Crippen LogP contribution in [0.3, 0.4) is 0 Å². The van der Waals surface area contributed by atoms with Crippen LogP contribution >= 0.6 is 0 Å².